The van der Waals surface area contributed by atoms with Gasteiger partial charge >= 0.3 is 0 Å². The molecule has 7 rings (SSSR count). The van der Waals surface area contributed by atoms with E-state index in [9.17, 15) is 16.8 Å². The van der Waals surface area contributed by atoms with Crippen molar-refractivity contribution in [2.24, 2.45) is 11.8 Å². The van der Waals surface area contributed by atoms with Gasteiger partial charge in [-0.15, -0.1) is 0 Å². The number of sulfonamides is 1. The van der Waals surface area contributed by atoms with Crippen LogP contribution in [0.5, 0.6) is 0 Å². The highest BCUT2D eigenvalue weighted by molar-refractivity contribution is 8.13. The third kappa shape index (κ3) is 9.29. The molecule has 3 aliphatic heterocycles. The molecule has 2 aromatic carbocycles. The van der Waals surface area contributed by atoms with E-state index in [4.69, 9.17) is 30.1 Å². The average molecular weight is 790 g/mol. The van der Waals surface area contributed by atoms with E-state index in [1.165, 1.54) is 0 Å². The zero-order valence-corrected chi connectivity index (χ0v) is 34.5. The lowest BCUT2D eigenvalue weighted by molar-refractivity contribution is 0.0610. The van der Waals surface area contributed by atoms with Gasteiger partial charge in [-0.1, -0.05) is 48.0 Å². The number of hydrogen-bond donors (Lipinski definition) is 0. The van der Waals surface area contributed by atoms with Crippen molar-refractivity contribution in [1.82, 2.24) is 23.4 Å². The Kier molecular flexibility index (Phi) is 12.0. The number of benzene rings is 2. The first kappa shape index (κ1) is 40.1. The van der Waals surface area contributed by atoms with Gasteiger partial charge in [-0.2, -0.15) is 4.31 Å². The Morgan fingerprint density at radius 3 is 1.49 bits per heavy atom. The Labute approximate surface area is 319 Å². The van der Waals surface area contributed by atoms with Gasteiger partial charge in [-0.25, -0.2) is 26.8 Å². The standard InChI is InChI=1S/C22H33N3O3S.C17H23ClN2O3S/c1-22(2,3)21-23-19-15-18(29(26,27)24-11-5-4-6-12-24)7-8-20(19)25(21)16-17-9-13-28-14-10-17;1-17(2,3)16-19-14-10-13(24(18,21)22)4-5-15(14)20(16)11-12-6-8-23-9-7-12/h7-8,15,17H,4-6,9-14,16H2,1-3H3;4-5,10,12H,6-9,11H2,1-3H3. The molecule has 5 heterocycles. The highest BCUT2D eigenvalue weighted by Gasteiger charge is 2.30. The quantitative estimate of drug-likeness (QED) is 0.175. The number of ether oxygens (including phenoxy) is 2. The van der Waals surface area contributed by atoms with Gasteiger partial charge in [0, 0.05) is 74.1 Å². The van der Waals surface area contributed by atoms with Crippen LogP contribution in [0.25, 0.3) is 22.1 Å². The Morgan fingerprint density at radius 1 is 0.660 bits per heavy atom. The lowest BCUT2D eigenvalue weighted by Crippen LogP contribution is -2.35. The molecule has 0 N–H and O–H groups in total. The summed E-state index contributed by atoms with van der Waals surface area (Å²) in [6, 6.07) is 10.4. The van der Waals surface area contributed by atoms with Crippen LogP contribution in [0.1, 0.15) is 98.1 Å². The molecule has 14 heteroatoms. The summed E-state index contributed by atoms with van der Waals surface area (Å²) in [5.74, 6) is 3.10. The first-order valence-corrected chi connectivity index (χ1v) is 22.8. The SMILES string of the molecule is CC(C)(C)c1nc2cc(S(=O)(=O)Cl)ccc2n1CC1CCOCC1.CC(C)(C)c1nc2cc(S(=O)(=O)N3CCCCC3)ccc2n1CC1CCOCC1. The summed E-state index contributed by atoms with van der Waals surface area (Å²) in [5, 5.41) is 0. The Bertz CT molecular complexity index is 2110. The molecule has 53 heavy (non-hydrogen) atoms. The zero-order chi connectivity index (χ0) is 38.2. The maximum absolute atomic E-state index is 13.1. The molecule has 3 saturated heterocycles. The third-order valence-electron chi connectivity index (χ3n) is 10.6. The van der Waals surface area contributed by atoms with Crippen LogP contribution >= 0.6 is 10.7 Å². The third-order valence-corrected chi connectivity index (χ3v) is 13.8. The van der Waals surface area contributed by atoms with Gasteiger partial charge in [-0.05, 0) is 86.8 Å². The number of imidazole rings is 2. The van der Waals surface area contributed by atoms with Crippen molar-refractivity contribution in [3.8, 4) is 0 Å². The molecule has 0 radical (unpaired) electrons. The fraction of sp³-hybridized carbons (Fsp3) is 0.641. The number of hydrogen-bond acceptors (Lipinski definition) is 8. The van der Waals surface area contributed by atoms with Crippen LogP contribution in [0.2, 0.25) is 0 Å². The van der Waals surface area contributed by atoms with E-state index >= 15 is 0 Å². The molecule has 3 fully saturated rings. The van der Waals surface area contributed by atoms with Crippen molar-refractivity contribution >= 4 is 51.8 Å². The summed E-state index contributed by atoms with van der Waals surface area (Å²) in [7, 11) is -1.73. The number of piperidine rings is 1. The Balaban J connectivity index is 0.000000185. The van der Waals surface area contributed by atoms with E-state index in [0.717, 1.165) is 113 Å². The molecule has 4 aromatic rings. The highest BCUT2D eigenvalue weighted by atomic mass is 35.7. The van der Waals surface area contributed by atoms with Gasteiger partial charge in [0.1, 0.15) is 11.6 Å². The molecule has 0 aliphatic carbocycles. The van der Waals surface area contributed by atoms with Gasteiger partial charge in [0.05, 0.1) is 31.9 Å². The van der Waals surface area contributed by atoms with Crippen molar-refractivity contribution in [3.63, 3.8) is 0 Å². The van der Waals surface area contributed by atoms with Gasteiger partial charge in [0.15, 0.2) is 0 Å². The maximum Gasteiger partial charge on any atom is 0.261 e. The molecule has 11 nitrogen and oxygen atoms in total. The summed E-state index contributed by atoms with van der Waals surface area (Å²) in [4.78, 5) is 10.1. The Hall–Kier alpha value is -2.55. The number of nitrogens with zero attached hydrogens (tertiary/aromatic N) is 5. The predicted molar refractivity (Wildman–Crippen MR) is 210 cm³/mol. The largest absolute Gasteiger partial charge is 0.381 e. The van der Waals surface area contributed by atoms with Gasteiger partial charge in [0.25, 0.3) is 9.05 Å². The fourth-order valence-corrected chi connectivity index (χ4v) is 9.98. The first-order chi connectivity index (χ1) is 24.9. The minimum Gasteiger partial charge on any atom is -0.381 e. The Morgan fingerprint density at radius 2 is 1.08 bits per heavy atom. The fourth-order valence-electron chi connectivity index (χ4n) is 7.67. The lowest BCUT2D eigenvalue weighted by Gasteiger charge is -2.26. The predicted octanol–water partition coefficient (Wildman–Crippen LogP) is 7.62. The molecule has 3 aliphatic rings. The second kappa shape index (κ2) is 15.9. The van der Waals surface area contributed by atoms with Gasteiger partial charge < -0.3 is 18.6 Å². The van der Waals surface area contributed by atoms with E-state index in [1.807, 2.05) is 12.1 Å². The second-order valence-electron chi connectivity index (χ2n) is 16.9. The number of halogens is 1. The van der Waals surface area contributed by atoms with Crippen LogP contribution in [0.15, 0.2) is 46.2 Å². The maximum atomic E-state index is 13.1. The average Bonchev–Trinajstić information content (AvgIpc) is 3.67. The molecule has 2 aromatic heterocycles. The summed E-state index contributed by atoms with van der Waals surface area (Å²) < 4.78 is 66.6. The smallest absolute Gasteiger partial charge is 0.261 e. The van der Waals surface area contributed by atoms with Crippen LogP contribution in [0.3, 0.4) is 0 Å². The van der Waals surface area contributed by atoms with Crippen molar-refractivity contribution in [1.29, 1.82) is 0 Å². The molecule has 0 amide bonds. The summed E-state index contributed by atoms with van der Waals surface area (Å²) >= 11 is 0. The molecular weight excluding hydrogens is 734 g/mol. The molecule has 0 saturated carbocycles. The van der Waals surface area contributed by atoms with E-state index in [1.54, 1.807) is 28.6 Å². The number of aromatic nitrogens is 4. The van der Waals surface area contributed by atoms with Crippen LogP contribution in [-0.2, 0) is 52.5 Å². The normalized spacial score (nSPS) is 19.1. The monoisotopic (exact) mass is 789 g/mol. The summed E-state index contributed by atoms with van der Waals surface area (Å²) in [6.07, 6.45) is 7.19. The van der Waals surface area contributed by atoms with E-state index < -0.39 is 19.1 Å². The zero-order valence-electron chi connectivity index (χ0n) is 32.1. The minimum absolute atomic E-state index is 0.0906. The van der Waals surface area contributed by atoms with Crippen molar-refractivity contribution in [2.45, 2.75) is 120 Å². The van der Waals surface area contributed by atoms with Gasteiger partial charge in [0.2, 0.25) is 10.0 Å². The van der Waals surface area contributed by atoms with Crippen LogP contribution in [0.4, 0.5) is 0 Å². The van der Waals surface area contributed by atoms with Crippen LogP contribution < -0.4 is 0 Å². The van der Waals surface area contributed by atoms with Gasteiger partial charge in [-0.3, -0.25) is 0 Å². The summed E-state index contributed by atoms with van der Waals surface area (Å²) in [6.45, 7) is 19.1. The number of fused-ring (bicyclic) bond motifs is 2. The van der Waals surface area contributed by atoms with Crippen LogP contribution in [-0.4, -0.2) is 79.8 Å². The molecule has 0 bridgehead atoms. The highest BCUT2D eigenvalue weighted by Crippen LogP contribution is 2.33. The summed E-state index contributed by atoms with van der Waals surface area (Å²) in [5.41, 5.74) is 3.18. The lowest BCUT2D eigenvalue weighted by atomic mass is 9.94. The van der Waals surface area contributed by atoms with E-state index in [2.05, 4.69) is 50.7 Å². The minimum atomic E-state index is -3.75. The molecule has 0 unspecified atom stereocenters. The molecule has 0 spiro atoms. The first-order valence-electron chi connectivity index (χ1n) is 19.0. The van der Waals surface area contributed by atoms with Crippen molar-refractivity contribution in [3.05, 3.63) is 48.0 Å². The molecule has 0 atom stereocenters. The van der Waals surface area contributed by atoms with E-state index in [0.29, 0.717) is 35.3 Å². The molecular formula is C39H56ClN5O6S2. The second-order valence-corrected chi connectivity index (χ2v) is 21.4. The van der Waals surface area contributed by atoms with E-state index in [-0.39, 0.29) is 15.7 Å². The topological polar surface area (TPSA) is 126 Å². The van der Waals surface area contributed by atoms with Crippen LogP contribution in [0, 0.1) is 11.8 Å². The number of rotatable bonds is 7. The van der Waals surface area contributed by atoms with Crippen molar-refractivity contribution in [2.75, 3.05) is 39.5 Å². The molecule has 292 valence electrons. The van der Waals surface area contributed by atoms with Crippen molar-refractivity contribution < 1.29 is 26.3 Å².